The first-order valence-corrected chi connectivity index (χ1v) is 4.41. The summed E-state index contributed by atoms with van der Waals surface area (Å²) in [7, 11) is 0. The number of aromatic nitrogens is 1. The first kappa shape index (κ1) is 15.0. The van der Waals surface area contributed by atoms with Crippen LogP contribution in [0.5, 0.6) is 5.88 Å². The molecule has 0 unspecified atom stereocenters. The van der Waals surface area contributed by atoms with Gasteiger partial charge in [-0.25, -0.2) is 4.98 Å². The van der Waals surface area contributed by atoms with Crippen LogP contribution in [-0.2, 0) is 6.18 Å². The minimum Gasteiger partial charge on any atom is -0.388 e. The van der Waals surface area contributed by atoms with E-state index >= 15 is 0 Å². The van der Waals surface area contributed by atoms with Crippen molar-refractivity contribution < 1.29 is 36.0 Å². The molecule has 0 aromatic carbocycles. The molecule has 1 aromatic rings. The van der Waals surface area contributed by atoms with E-state index in [9.17, 15) is 36.5 Å². The number of nitro groups is 1. The van der Waals surface area contributed by atoms with Crippen molar-refractivity contribution in [1.29, 1.82) is 0 Å². The Morgan fingerprint density at radius 1 is 1.26 bits per heavy atom. The summed E-state index contributed by atoms with van der Waals surface area (Å²) in [5.41, 5.74) is -4.26. The van der Waals surface area contributed by atoms with Crippen molar-refractivity contribution in [2.75, 3.05) is 0 Å². The highest BCUT2D eigenvalue weighted by Crippen LogP contribution is 2.39. The third-order valence-corrected chi connectivity index (χ3v) is 1.86. The second-order valence-electron chi connectivity index (χ2n) is 3.24. The van der Waals surface area contributed by atoms with Crippen LogP contribution < -0.4 is 4.74 Å². The molecule has 0 aliphatic rings. The van der Waals surface area contributed by atoms with E-state index in [0.717, 1.165) is 0 Å². The predicted octanol–water partition coefficient (Wildman–Crippen LogP) is 3.22. The third kappa shape index (κ3) is 3.69. The zero-order valence-electron chi connectivity index (χ0n) is 8.96. The number of alkyl halides is 6. The number of pyridine rings is 1. The van der Waals surface area contributed by atoms with E-state index in [-0.39, 0.29) is 6.07 Å². The lowest BCUT2D eigenvalue weighted by Gasteiger charge is -2.13. The number of ether oxygens (including phenoxy) is 1. The van der Waals surface area contributed by atoms with Gasteiger partial charge >= 0.3 is 12.5 Å². The van der Waals surface area contributed by atoms with Crippen molar-refractivity contribution in [2.24, 2.45) is 0 Å². The van der Waals surface area contributed by atoms with Crippen molar-refractivity contribution in [2.45, 2.75) is 19.5 Å². The highest BCUT2D eigenvalue weighted by atomic mass is 19.4. The monoisotopic (exact) mass is 290 g/mol. The van der Waals surface area contributed by atoms with E-state index in [1.165, 1.54) is 0 Å². The molecule has 19 heavy (non-hydrogen) atoms. The van der Waals surface area contributed by atoms with Gasteiger partial charge < -0.3 is 4.74 Å². The highest BCUT2D eigenvalue weighted by Gasteiger charge is 2.42. The Kier molecular flexibility index (Phi) is 3.59. The fourth-order valence-electron chi connectivity index (χ4n) is 1.29. The molecule has 0 saturated carbocycles. The molecule has 0 bridgehead atoms. The molecule has 5 nitrogen and oxygen atoms in total. The average molecular weight is 290 g/mol. The zero-order chi connectivity index (χ0) is 15.0. The van der Waals surface area contributed by atoms with Gasteiger partial charge in [0.2, 0.25) is 5.88 Å². The zero-order valence-corrected chi connectivity index (χ0v) is 8.96. The van der Waals surface area contributed by atoms with Gasteiger partial charge in [0.15, 0.2) is 5.56 Å². The summed E-state index contributed by atoms with van der Waals surface area (Å²) in [6.07, 6.45) is -10.3. The molecule has 0 fully saturated rings. The molecule has 1 aromatic heterocycles. The smallest absolute Gasteiger partial charge is 0.388 e. The van der Waals surface area contributed by atoms with Gasteiger partial charge in [-0.15, -0.1) is 13.2 Å². The van der Waals surface area contributed by atoms with Crippen LogP contribution in [0.4, 0.5) is 32.0 Å². The Morgan fingerprint density at radius 2 is 1.79 bits per heavy atom. The molecule has 106 valence electrons. The quantitative estimate of drug-likeness (QED) is 0.476. The van der Waals surface area contributed by atoms with Crippen LogP contribution in [0.25, 0.3) is 0 Å². The number of aryl methyl sites for hydroxylation is 1. The van der Waals surface area contributed by atoms with Crippen LogP contribution in [0, 0.1) is 17.0 Å². The molecule has 1 rings (SSSR count). The summed E-state index contributed by atoms with van der Waals surface area (Å²) >= 11 is 0. The molecule has 0 N–H and O–H groups in total. The topological polar surface area (TPSA) is 65.3 Å². The van der Waals surface area contributed by atoms with Gasteiger partial charge in [-0.05, 0) is 6.92 Å². The van der Waals surface area contributed by atoms with Gasteiger partial charge in [0.1, 0.15) is 0 Å². The number of nitrogens with zero attached hydrogens (tertiary/aromatic N) is 2. The van der Waals surface area contributed by atoms with Gasteiger partial charge in [-0.1, -0.05) is 0 Å². The molecular formula is C8H4F6N2O3. The minimum absolute atomic E-state index is 0.0245. The molecule has 0 atom stereocenters. The van der Waals surface area contributed by atoms with Crippen molar-refractivity contribution in [3.63, 3.8) is 0 Å². The second-order valence-corrected chi connectivity index (χ2v) is 3.24. The molecule has 0 radical (unpaired) electrons. The summed E-state index contributed by atoms with van der Waals surface area (Å²) in [5.74, 6) is -1.33. The van der Waals surface area contributed by atoms with Crippen molar-refractivity contribution in [3.8, 4) is 5.88 Å². The standard InChI is InChI=1S/C8H4F6N2O3/c1-3-6(7(9,10)11)4(16(17)18)2-5(15-3)19-8(12,13)14/h2H,1H3. The van der Waals surface area contributed by atoms with Crippen LogP contribution >= 0.6 is 0 Å². The van der Waals surface area contributed by atoms with Crippen LogP contribution in [-0.4, -0.2) is 16.3 Å². The van der Waals surface area contributed by atoms with E-state index in [2.05, 4.69) is 9.72 Å². The number of hydrogen-bond acceptors (Lipinski definition) is 4. The van der Waals surface area contributed by atoms with Gasteiger partial charge in [-0.3, -0.25) is 10.1 Å². The SMILES string of the molecule is Cc1nc(OC(F)(F)F)cc([N+](=O)[O-])c1C(F)(F)F. The van der Waals surface area contributed by atoms with Gasteiger partial charge in [0.25, 0.3) is 5.69 Å². The molecular weight excluding hydrogens is 286 g/mol. The van der Waals surface area contributed by atoms with Crippen molar-refractivity contribution in [1.82, 2.24) is 4.98 Å². The maximum atomic E-state index is 12.5. The molecule has 0 saturated heterocycles. The Balaban J connectivity index is 3.43. The lowest BCUT2D eigenvalue weighted by molar-refractivity contribution is -0.388. The Morgan fingerprint density at radius 3 is 2.16 bits per heavy atom. The van der Waals surface area contributed by atoms with Gasteiger partial charge in [0.05, 0.1) is 16.7 Å². The lowest BCUT2D eigenvalue weighted by atomic mass is 10.1. The number of rotatable bonds is 2. The fourth-order valence-corrected chi connectivity index (χ4v) is 1.29. The second kappa shape index (κ2) is 4.55. The number of hydrogen-bond donors (Lipinski definition) is 0. The molecule has 0 aliphatic heterocycles. The van der Waals surface area contributed by atoms with Crippen LogP contribution in [0.15, 0.2) is 6.07 Å². The molecule has 0 aliphatic carbocycles. The van der Waals surface area contributed by atoms with E-state index in [1.54, 1.807) is 0 Å². The largest absolute Gasteiger partial charge is 0.574 e. The summed E-state index contributed by atoms with van der Waals surface area (Å²) in [6.45, 7) is 0.694. The van der Waals surface area contributed by atoms with Crippen LogP contribution in [0.3, 0.4) is 0 Å². The average Bonchev–Trinajstić information content (AvgIpc) is 2.10. The predicted molar refractivity (Wildman–Crippen MR) is 47.3 cm³/mol. The molecule has 1 heterocycles. The van der Waals surface area contributed by atoms with E-state index in [0.29, 0.717) is 6.92 Å². The normalized spacial score (nSPS) is 12.4. The Hall–Kier alpha value is -2.07. The van der Waals surface area contributed by atoms with Crippen LogP contribution in [0.1, 0.15) is 11.3 Å². The summed E-state index contributed by atoms with van der Waals surface area (Å²) in [6, 6.07) is -0.0245. The maximum absolute atomic E-state index is 12.5. The summed E-state index contributed by atoms with van der Waals surface area (Å²) in [4.78, 5) is 11.9. The first-order valence-electron chi connectivity index (χ1n) is 4.41. The Bertz CT molecular complexity index is 510. The highest BCUT2D eigenvalue weighted by molar-refractivity contribution is 5.47. The lowest BCUT2D eigenvalue weighted by Crippen LogP contribution is -2.19. The number of halogens is 6. The van der Waals surface area contributed by atoms with E-state index in [4.69, 9.17) is 0 Å². The van der Waals surface area contributed by atoms with Crippen molar-refractivity contribution >= 4 is 5.69 Å². The fraction of sp³-hybridized carbons (Fsp3) is 0.375. The van der Waals surface area contributed by atoms with Gasteiger partial charge in [0, 0.05) is 0 Å². The van der Waals surface area contributed by atoms with Crippen molar-refractivity contribution in [3.05, 3.63) is 27.4 Å². The summed E-state index contributed by atoms with van der Waals surface area (Å²) in [5, 5.41) is 10.5. The van der Waals surface area contributed by atoms with E-state index in [1.807, 2.05) is 0 Å². The van der Waals surface area contributed by atoms with Gasteiger partial charge in [-0.2, -0.15) is 13.2 Å². The first-order chi connectivity index (χ1) is 8.42. The third-order valence-electron chi connectivity index (χ3n) is 1.86. The molecule has 11 heteroatoms. The van der Waals surface area contributed by atoms with Crippen LogP contribution in [0.2, 0.25) is 0 Å². The Labute approximate surface area is 101 Å². The molecule has 0 spiro atoms. The van der Waals surface area contributed by atoms with E-state index < -0.39 is 40.3 Å². The minimum atomic E-state index is -5.22. The summed E-state index contributed by atoms with van der Waals surface area (Å²) < 4.78 is 76.5. The maximum Gasteiger partial charge on any atom is 0.574 e. The molecule has 0 amide bonds.